The number of rotatable bonds is 8. The van der Waals surface area contributed by atoms with Gasteiger partial charge in [0.15, 0.2) is 0 Å². The van der Waals surface area contributed by atoms with Gasteiger partial charge in [0.25, 0.3) is 10.0 Å². The Morgan fingerprint density at radius 2 is 1.67 bits per heavy atom. The third kappa shape index (κ3) is 4.31. The fourth-order valence-corrected chi connectivity index (χ4v) is 5.18. The highest BCUT2D eigenvalue weighted by molar-refractivity contribution is 7.92. The zero-order chi connectivity index (χ0) is 21.2. The standard InChI is InChI=1S/C23H28N2O4S/c1-2-29-20-11-13-21(14-12-20)30(27,28)25-19-9-7-17(8-10-19)23(15-16-23)22(26)24-18-5-3-4-6-18/h7-14,18,25H,2-6,15-16H2,1H3,(H,24,26). The van der Waals surface area contributed by atoms with Crippen LogP contribution in [-0.2, 0) is 20.2 Å². The first-order chi connectivity index (χ1) is 14.4. The van der Waals surface area contributed by atoms with Crippen LogP contribution in [-0.4, -0.2) is 27.0 Å². The minimum absolute atomic E-state index is 0.108. The highest BCUT2D eigenvalue weighted by Gasteiger charge is 2.51. The summed E-state index contributed by atoms with van der Waals surface area (Å²) in [6.07, 6.45) is 6.16. The molecule has 0 atom stereocenters. The summed E-state index contributed by atoms with van der Waals surface area (Å²) in [6.45, 7) is 2.40. The lowest BCUT2D eigenvalue weighted by Gasteiger charge is -2.20. The van der Waals surface area contributed by atoms with Crippen molar-refractivity contribution in [2.45, 2.75) is 61.8 Å². The van der Waals surface area contributed by atoms with Crippen molar-refractivity contribution in [1.29, 1.82) is 0 Å². The molecule has 0 spiro atoms. The molecule has 0 unspecified atom stereocenters. The van der Waals surface area contributed by atoms with Gasteiger partial charge in [-0.25, -0.2) is 8.42 Å². The third-order valence-corrected chi connectivity index (χ3v) is 7.41. The number of sulfonamides is 1. The SMILES string of the molecule is CCOc1ccc(S(=O)(=O)Nc2ccc(C3(C(=O)NC4CCCC4)CC3)cc2)cc1. The monoisotopic (exact) mass is 428 g/mol. The molecular formula is C23H28N2O4S. The Morgan fingerprint density at radius 3 is 2.23 bits per heavy atom. The Balaban J connectivity index is 1.43. The first-order valence-electron chi connectivity index (χ1n) is 10.6. The van der Waals surface area contributed by atoms with Gasteiger partial charge in [0.05, 0.1) is 16.9 Å². The molecule has 30 heavy (non-hydrogen) atoms. The number of carbonyl (C=O) groups is 1. The Labute approximate surface area is 178 Å². The second-order valence-electron chi connectivity index (χ2n) is 8.12. The minimum atomic E-state index is -3.69. The fraction of sp³-hybridized carbons (Fsp3) is 0.435. The Morgan fingerprint density at radius 1 is 1.03 bits per heavy atom. The summed E-state index contributed by atoms with van der Waals surface area (Å²) in [7, 11) is -3.69. The number of carbonyl (C=O) groups excluding carboxylic acids is 1. The molecule has 2 N–H and O–H groups in total. The van der Waals surface area contributed by atoms with E-state index in [1.165, 1.54) is 25.0 Å². The molecule has 160 valence electrons. The zero-order valence-electron chi connectivity index (χ0n) is 17.2. The summed E-state index contributed by atoms with van der Waals surface area (Å²) in [6, 6.07) is 13.8. The van der Waals surface area contributed by atoms with Crippen LogP contribution < -0.4 is 14.8 Å². The molecule has 0 bridgehead atoms. The number of ether oxygens (including phenoxy) is 1. The average molecular weight is 429 g/mol. The maximum absolute atomic E-state index is 12.8. The van der Waals surface area contributed by atoms with Crippen molar-refractivity contribution in [3.63, 3.8) is 0 Å². The maximum atomic E-state index is 12.8. The number of anilines is 1. The van der Waals surface area contributed by atoms with E-state index in [2.05, 4.69) is 10.0 Å². The first kappa shape index (κ1) is 20.7. The average Bonchev–Trinajstić information content (AvgIpc) is 3.39. The van der Waals surface area contributed by atoms with Crippen LogP contribution in [0.4, 0.5) is 5.69 Å². The minimum Gasteiger partial charge on any atom is -0.494 e. The van der Waals surface area contributed by atoms with Crippen LogP contribution in [0.5, 0.6) is 5.75 Å². The molecule has 4 rings (SSSR count). The molecule has 2 saturated carbocycles. The van der Waals surface area contributed by atoms with Gasteiger partial charge in [-0.1, -0.05) is 25.0 Å². The number of amides is 1. The number of nitrogens with one attached hydrogen (secondary N) is 2. The van der Waals surface area contributed by atoms with Crippen LogP contribution in [0.15, 0.2) is 53.4 Å². The largest absolute Gasteiger partial charge is 0.494 e. The lowest BCUT2D eigenvalue weighted by atomic mass is 9.94. The van der Waals surface area contributed by atoms with Gasteiger partial charge in [-0.15, -0.1) is 0 Å². The van der Waals surface area contributed by atoms with Crippen molar-refractivity contribution in [1.82, 2.24) is 5.32 Å². The van der Waals surface area contributed by atoms with Gasteiger partial charge in [0.1, 0.15) is 5.75 Å². The summed E-state index contributed by atoms with van der Waals surface area (Å²) >= 11 is 0. The molecule has 0 saturated heterocycles. The van der Waals surface area contributed by atoms with E-state index in [1.54, 1.807) is 24.3 Å². The van der Waals surface area contributed by atoms with Crippen LogP contribution in [0.2, 0.25) is 0 Å². The quantitative estimate of drug-likeness (QED) is 0.666. The Bertz CT molecular complexity index is 991. The van der Waals surface area contributed by atoms with Crippen LogP contribution in [0, 0.1) is 0 Å². The molecule has 0 radical (unpaired) electrons. The molecule has 0 heterocycles. The highest BCUT2D eigenvalue weighted by Crippen LogP contribution is 2.49. The van der Waals surface area contributed by atoms with Crippen molar-refractivity contribution in [2.75, 3.05) is 11.3 Å². The second kappa shape index (κ2) is 8.30. The summed E-state index contributed by atoms with van der Waals surface area (Å²) in [5.41, 5.74) is 0.969. The number of hydrogen-bond acceptors (Lipinski definition) is 4. The topological polar surface area (TPSA) is 84.5 Å². The van der Waals surface area contributed by atoms with Crippen LogP contribution >= 0.6 is 0 Å². The molecule has 0 aromatic heterocycles. The summed E-state index contributed by atoms with van der Waals surface area (Å²) in [5.74, 6) is 0.739. The van der Waals surface area contributed by atoms with Gasteiger partial charge >= 0.3 is 0 Å². The molecular weight excluding hydrogens is 400 g/mol. The molecule has 1 amide bonds. The van der Waals surface area contributed by atoms with Gasteiger partial charge in [-0.3, -0.25) is 9.52 Å². The van der Waals surface area contributed by atoms with E-state index in [0.717, 1.165) is 31.2 Å². The molecule has 2 aliphatic carbocycles. The predicted molar refractivity (Wildman–Crippen MR) is 116 cm³/mol. The van der Waals surface area contributed by atoms with Gasteiger partial charge in [0, 0.05) is 11.7 Å². The number of benzene rings is 2. The molecule has 2 aromatic carbocycles. The molecule has 2 aliphatic rings. The van der Waals surface area contributed by atoms with Crippen molar-refractivity contribution < 1.29 is 17.9 Å². The van der Waals surface area contributed by atoms with Crippen LogP contribution in [0.3, 0.4) is 0 Å². The Hall–Kier alpha value is -2.54. The first-order valence-corrected chi connectivity index (χ1v) is 12.1. The van der Waals surface area contributed by atoms with E-state index in [9.17, 15) is 13.2 Å². The van der Waals surface area contributed by atoms with E-state index in [-0.39, 0.29) is 10.8 Å². The Kier molecular flexibility index (Phi) is 5.73. The van der Waals surface area contributed by atoms with E-state index >= 15 is 0 Å². The van der Waals surface area contributed by atoms with Gasteiger partial charge < -0.3 is 10.1 Å². The molecule has 2 fully saturated rings. The normalized spacial score (nSPS) is 18.0. The van der Waals surface area contributed by atoms with Gasteiger partial charge in [-0.2, -0.15) is 0 Å². The maximum Gasteiger partial charge on any atom is 0.261 e. The van der Waals surface area contributed by atoms with Gasteiger partial charge in [-0.05, 0) is 74.6 Å². The van der Waals surface area contributed by atoms with Crippen LogP contribution in [0.25, 0.3) is 0 Å². The number of hydrogen-bond donors (Lipinski definition) is 2. The summed E-state index contributed by atoms with van der Waals surface area (Å²) in [5, 5.41) is 3.21. The highest BCUT2D eigenvalue weighted by atomic mass is 32.2. The van der Waals surface area contributed by atoms with E-state index < -0.39 is 15.4 Å². The van der Waals surface area contributed by atoms with Crippen LogP contribution in [0.1, 0.15) is 51.0 Å². The molecule has 7 heteroatoms. The van der Waals surface area contributed by atoms with Crippen molar-refractivity contribution >= 4 is 21.6 Å². The second-order valence-corrected chi connectivity index (χ2v) is 9.81. The third-order valence-electron chi connectivity index (χ3n) is 6.01. The van der Waals surface area contributed by atoms with Gasteiger partial charge in [0.2, 0.25) is 5.91 Å². The molecule has 2 aromatic rings. The molecule has 0 aliphatic heterocycles. The van der Waals surface area contributed by atoms with Crippen molar-refractivity contribution in [3.8, 4) is 5.75 Å². The van der Waals surface area contributed by atoms with E-state index in [4.69, 9.17) is 4.74 Å². The zero-order valence-corrected chi connectivity index (χ0v) is 18.0. The molecule has 6 nitrogen and oxygen atoms in total. The fourth-order valence-electron chi connectivity index (χ4n) is 4.12. The van der Waals surface area contributed by atoms with E-state index in [0.29, 0.717) is 24.1 Å². The summed E-state index contributed by atoms with van der Waals surface area (Å²) < 4.78 is 33.3. The smallest absolute Gasteiger partial charge is 0.261 e. The lowest BCUT2D eigenvalue weighted by molar-refractivity contribution is -0.124. The summed E-state index contributed by atoms with van der Waals surface area (Å²) in [4.78, 5) is 13.0. The predicted octanol–water partition coefficient (Wildman–Crippen LogP) is 3.98. The van der Waals surface area contributed by atoms with Crippen molar-refractivity contribution in [2.24, 2.45) is 0 Å². The van der Waals surface area contributed by atoms with E-state index in [1.807, 2.05) is 19.1 Å². The lowest BCUT2D eigenvalue weighted by Crippen LogP contribution is -2.40. The van der Waals surface area contributed by atoms with Crippen molar-refractivity contribution in [3.05, 3.63) is 54.1 Å².